The van der Waals surface area contributed by atoms with Gasteiger partial charge in [0.15, 0.2) is 5.13 Å². The van der Waals surface area contributed by atoms with E-state index in [-0.39, 0.29) is 11.9 Å². The van der Waals surface area contributed by atoms with Crippen LogP contribution in [0.1, 0.15) is 12.8 Å². The van der Waals surface area contributed by atoms with Crippen LogP contribution in [0.3, 0.4) is 0 Å². The van der Waals surface area contributed by atoms with Gasteiger partial charge < -0.3 is 15.1 Å². The lowest BCUT2D eigenvalue weighted by Crippen LogP contribution is -2.47. The Bertz CT molecular complexity index is 527. The summed E-state index contributed by atoms with van der Waals surface area (Å²) >= 11 is 1.42. The number of nitrogens with one attached hydrogen (secondary N) is 1. The Balaban J connectivity index is 1.44. The van der Waals surface area contributed by atoms with E-state index in [0.29, 0.717) is 17.7 Å². The predicted octanol–water partition coefficient (Wildman–Crippen LogP) is 0.913. The summed E-state index contributed by atoms with van der Waals surface area (Å²) in [5, 5.41) is 5.29. The molecule has 1 aromatic heterocycles. The number of piperidine rings is 1. The molecule has 0 bridgehead atoms. The van der Waals surface area contributed by atoms with Crippen LogP contribution in [0.25, 0.3) is 0 Å². The number of amides is 3. The maximum atomic E-state index is 12.0. The van der Waals surface area contributed by atoms with E-state index in [4.69, 9.17) is 0 Å². The van der Waals surface area contributed by atoms with Crippen molar-refractivity contribution in [3.8, 4) is 0 Å². The zero-order chi connectivity index (χ0) is 15.5. The van der Waals surface area contributed by atoms with E-state index in [2.05, 4.69) is 15.2 Å². The molecule has 3 amide bonds. The Hall–Kier alpha value is -1.67. The van der Waals surface area contributed by atoms with Crippen molar-refractivity contribution in [2.75, 3.05) is 45.1 Å². The second-order valence-corrected chi connectivity index (χ2v) is 6.68. The second kappa shape index (κ2) is 6.62. The first kappa shape index (κ1) is 15.2. The Morgan fingerprint density at radius 1 is 1.36 bits per heavy atom. The lowest BCUT2D eigenvalue weighted by atomic mass is 10.0. The number of hydrogen-bond donors (Lipinski definition) is 1. The van der Waals surface area contributed by atoms with Gasteiger partial charge in [0.05, 0.1) is 6.54 Å². The van der Waals surface area contributed by atoms with E-state index in [1.807, 2.05) is 17.3 Å². The summed E-state index contributed by atoms with van der Waals surface area (Å²) in [7, 11) is 1.85. The number of likely N-dealkylation sites (N-methyl/N-ethyl adjacent to an activating group) is 1. The molecule has 2 fully saturated rings. The maximum absolute atomic E-state index is 12.0. The Kier molecular flexibility index (Phi) is 4.58. The summed E-state index contributed by atoms with van der Waals surface area (Å²) in [4.78, 5) is 33.9. The smallest absolute Gasteiger partial charge is 0.320 e. The third-order valence-corrected chi connectivity index (χ3v) is 4.98. The highest BCUT2D eigenvalue weighted by molar-refractivity contribution is 7.13. The summed E-state index contributed by atoms with van der Waals surface area (Å²) in [5.74, 6) is -0.0228. The Labute approximate surface area is 133 Å². The fraction of sp³-hybridized carbons (Fsp3) is 0.643. The van der Waals surface area contributed by atoms with Crippen LogP contribution < -0.4 is 5.32 Å². The number of nitrogens with zero attached hydrogens (tertiary/aromatic N) is 4. The fourth-order valence-corrected chi connectivity index (χ4v) is 3.59. The number of carbonyl (C=O) groups is 2. The van der Waals surface area contributed by atoms with Crippen LogP contribution in [0, 0.1) is 0 Å². The topological polar surface area (TPSA) is 68.8 Å². The molecular formula is C14H21N5O2S. The first-order chi connectivity index (χ1) is 10.6. The predicted molar refractivity (Wildman–Crippen MR) is 84.9 cm³/mol. The van der Waals surface area contributed by atoms with Gasteiger partial charge in [-0.05, 0) is 12.8 Å². The third kappa shape index (κ3) is 3.38. The molecule has 3 heterocycles. The minimum atomic E-state index is -0.0228. The molecule has 0 unspecified atom stereocenters. The van der Waals surface area contributed by atoms with E-state index in [1.54, 1.807) is 11.1 Å². The summed E-state index contributed by atoms with van der Waals surface area (Å²) in [6, 6.07) is 0.454. The van der Waals surface area contributed by atoms with E-state index in [1.165, 1.54) is 11.3 Å². The lowest BCUT2D eigenvalue weighted by Gasteiger charge is -2.36. The second-order valence-electron chi connectivity index (χ2n) is 5.79. The zero-order valence-electron chi connectivity index (χ0n) is 12.7. The van der Waals surface area contributed by atoms with Crippen LogP contribution >= 0.6 is 11.3 Å². The first-order valence-electron chi connectivity index (χ1n) is 7.57. The van der Waals surface area contributed by atoms with Crippen LogP contribution in [0.4, 0.5) is 9.93 Å². The summed E-state index contributed by atoms with van der Waals surface area (Å²) in [6.07, 6.45) is 3.55. The molecule has 2 aliphatic rings. The largest absolute Gasteiger partial charge is 0.326 e. The molecule has 120 valence electrons. The van der Waals surface area contributed by atoms with Gasteiger partial charge in [0.25, 0.3) is 0 Å². The van der Waals surface area contributed by atoms with Crippen LogP contribution in [0.15, 0.2) is 11.6 Å². The highest BCUT2D eigenvalue weighted by Gasteiger charge is 2.33. The molecule has 0 radical (unpaired) electrons. The van der Waals surface area contributed by atoms with Crippen molar-refractivity contribution in [1.82, 2.24) is 19.7 Å². The van der Waals surface area contributed by atoms with Crippen LogP contribution in [-0.4, -0.2) is 77.4 Å². The number of aromatic nitrogens is 1. The fourth-order valence-electron chi connectivity index (χ4n) is 3.04. The van der Waals surface area contributed by atoms with Gasteiger partial charge in [-0.3, -0.25) is 9.69 Å². The van der Waals surface area contributed by atoms with E-state index in [0.717, 1.165) is 39.0 Å². The van der Waals surface area contributed by atoms with Gasteiger partial charge in [0.1, 0.15) is 0 Å². The van der Waals surface area contributed by atoms with Crippen molar-refractivity contribution >= 4 is 28.4 Å². The average molecular weight is 323 g/mol. The van der Waals surface area contributed by atoms with Crippen molar-refractivity contribution in [1.29, 1.82) is 0 Å². The molecule has 0 saturated carbocycles. The molecule has 3 rings (SSSR count). The third-order valence-electron chi connectivity index (χ3n) is 4.29. The molecule has 0 aliphatic carbocycles. The van der Waals surface area contributed by atoms with Crippen molar-refractivity contribution in [2.45, 2.75) is 18.9 Å². The molecule has 7 nitrogen and oxygen atoms in total. The molecule has 0 aromatic carbocycles. The van der Waals surface area contributed by atoms with E-state index < -0.39 is 0 Å². The minimum Gasteiger partial charge on any atom is -0.326 e. The standard InChI is InChI=1S/C14H21N5O2S/c1-17-7-8-19(14(17)21)11-2-5-18(6-3-11)10-12(20)16-13-15-4-9-22-13/h4,9,11H,2-3,5-8,10H2,1H3,(H,15,16,20). The first-order valence-corrected chi connectivity index (χ1v) is 8.45. The number of carbonyl (C=O) groups excluding carboxylic acids is 2. The van der Waals surface area contributed by atoms with Gasteiger partial charge in [-0.15, -0.1) is 11.3 Å². The van der Waals surface area contributed by atoms with Crippen LogP contribution in [0.5, 0.6) is 0 Å². The number of anilines is 1. The number of likely N-dealkylation sites (tertiary alicyclic amines) is 1. The van der Waals surface area contributed by atoms with Gasteiger partial charge >= 0.3 is 6.03 Å². The number of hydrogen-bond acceptors (Lipinski definition) is 5. The normalized spacial score (nSPS) is 20.7. The van der Waals surface area contributed by atoms with Gasteiger partial charge in [-0.1, -0.05) is 0 Å². The molecule has 22 heavy (non-hydrogen) atoms. The highest BCUT2D eigenvalue weighted by atomic mass is 32.1. The number of urea groups is 1. The van der Waals surface area contributed by atoms with Crippen molar-refractivity contribution in [2.24, 2.45) is 0 Å². The Morgan fingerprint density at radius 2 is 2.14 bits per heavy atom. The van der Waals surface area contributed by atoms with Gasteiger partial charge in [0.2, 0.25) is 5.91 Å². The molecule has 1 N–H and O–H groups in total. The van der Waals surface area contributed by atoms with Crippen molar-refractivity contribution in [3.05, 3.63) is 11.6 Å². The molecule has 0 spiro atoms. The zero-order valence-corrected chi connectivity index (χ0v) is 13.5. The number of thiazole rings is 1. The van der Waals surface area contributed by atoms with Crippen molar-refractivity contribution in [3.63, 3.8) is 0 Å². The SMILES string of the molecule is CN1CCN(C2CCN(CC(=O)Nc3nccs3)CC2)C1=O. The highest BCUT2D eigenvalue weighted by Crippen LogP contribution is 2.20. The van der Waals surface area contributed by atoms with Crippen LogP contribution in [0.2, 0.25) is 0 Å². The molecule has 2 aliphatic heterocycles. The summed E-state index contributed by atoms with van der Waals surface area (Å²) < 4.78 is 0. The molecule has 0 atom stereocenters. The van der Waals surface area contributed by atoms with Gasteiger partial charge in [0, 0.05) is 50.8 Å². The lowest BCUT2D eigenvalue weighted by molar-refractivity contribution is -0.117. The monoisotopic (exact) mass is 323 g/mol. The average Bonchev–Trinajstić information content (AvgIpc) is 3.12. The van der Waals surface area contributed by atoms with Gasteiger partial charge in [-0.25, -0.2) is 9.78 Å². The number of rotatable bonds is 4. The quantitative estimate of drug-likeness (QED) is 0.894. The Morgan fingerprint density at radius 3 is 2.73 bits per heavy atom. The van der Waals surface area contributed by atoms with E-state index >= 15 is 0 Å². The molecule has 8 heteroatoms. The summed E-state index contributed by atoms with van der Waals surface area (Å²) in [6.45, 7) is 3.73. The molecule has 1 aromatic rings. The molecule has 2 saturated heterocycles. The maximum Gasteiger partial charge on any atom is 0.320 e. The van der Waals surface area contributed by atoms with E-state index in [9.17, 15) is 9.59 Å². The minimum absolute atomic E-state index is 0.0228. The van der Waals surface area contributed by atoms with Crippen LogP contribution in [-0.2, 0) is 4.79 Å². The van der Waals surface area contributed by atoms with Crippen molar-refractivity contribution < 1.29 is 9.59 Å². The summed E-state index contributed by atoms with van der Waals surface area (Å²) in [5.41, 5.74) is 0. The van der Waals surface area contributed by atoms with Gasteiger partial charge in [-0.2, -0.15) is 0 Å². The molecular weight excluding hydrogens is 302 g/mol.